The third-order valence-corrected chi connectivity index (χ3v) is 2.65. The highest BCUT2D eigenvalue weighted by Crippen LogP contribution is 2.16. The summed E-state index contributed by atoms with van der Waals surface area (Å²) in [6.07, 6.45) is 0. The van der Waals surface area contributed by atoms with Gasteiger partial charge in [-0.05, 0) is 36.4 Å². The second-order valence-corrected chi connectivity index (χ2v) is 3.84. The van der Waals surface area contributed by atoms with E-state index >= 15 is 0 Å². The molecule has 1 amide bonds. The molecule has 0 aliphatic rings. The SMILES string of the molecule is COc1ccc(C(=O)Nc2ccccc2C#N)cc1. The van der Waals surface area contributed by atoms with Gasteiger partial charge in [0.2, 0.25) is 0 Å². The molecule has 0 saturated carbocycles. The summed E-state index contributed by atoms with van der Waals surface area (Å²) < 4.78 is 5.03. The number of rotatable bonds is 3. The first-order chi connectivity index (χ1) is 9.24. The van der Waals surface area contributed by atoms with E-state index in [1.807, 2.05) is 6.07 Å². The van der Waals surface area contributed by atoms with Crippen LogP contribution in [0, 0.1) is 11.3 Å². The summed E-state index contributed by atoms with van der Waals surface area (Å²) in [5.41, 5.74) is 1.45. The normalized spacial score (nSPS) is 9.47. The van der Waals surface area contributed by atoms with E-state index in [2.05, 4.69) is 5.32 Å². The molecule has 1 N–H and O–H groups in total. The van der Waals surface area contributed by atoms with E-state index in [-0.39, 0.29) is 5.91 Å². The zero-order valence-electron chi connectivity index (χ0n) is 10.4. The Kier molecular flexibility index (Phi) is 3.79. The first-order valence-corrected chi connectivity index (χ1v) is 5.69. The molecular weight excluding hydrogens is 240 g/mol. The molecule has 0 bridgehead atoms. The van der Waals surface area contributed by atoms with Crippen molar-refractivity contribution in [1.29, 1.82) is 5.26 Å². The van der Waals surface area contributed by atoms with Crippen LogP contribution in [-0.2, 0) is 0 Å². The highest BCUT2D eigenvalue weighted by Gasteiger charge is 2.08. The molecule has 0 aliphatic heterocycles. The first kappa shape index (κ1) is 12.7. The molecule has 0 aliphatic carbocycles. The van der Waals surface area contributed by atoms with Crippen molar-refractivity contribution in [3.63, 3.8) is 0 Å². The number of nitriles is 1. The lowest BCUT2D eigenvalue weighted by Gasteiger charge is -2.07. The number of amides is 1. The van der Waals surface area contributed by atoms with Gasteiger partial charge in [-0.1, -0.05) is 12.1 Å². The molecule has 19 heavy (non-hydrogen) atoms. The van der Waals surface area contributed by atoms with Crippen LogP contribution >= 0.6 is 0 Å². The van der Waals surface area contributed by atoms with E-state index < -0.39 is 0 Å². The standard InChI is InChI=1S/C15H12N2O2/c1-19-13-8-6-11(7-9-13)15(18)17-14-5-3-2-4-12(14)10-16/h2-9H,1H3,(H,17,18). The second-order valence-electron chi connectivity index (χ2n) is 3.84. The molecule has 94 valence electrons. The third-order valence-electron chi connectivity index (χ3n) is 2.65. The number of hydrogen-bond acceptors (Lipinski definition) is 3. The monoisotopic (exact) mass is 252 g/mol. The number of para-hydroxylation sites is 1. The summed E-state index contributed by atoms with van der Waals surface area (Å²) in [5.74, 6) is 0.430. The molecule has 0 radical (unpaired) electrons. The van der Waals surface area contributed by atoms with Gasteiger partial charge in [0.05, 0.1) is 18.4 Å². The van der Waals surface area contributed by atoms with Crippen molar-refractivity contribution >= 4 is 11.6 Å². The minimum absolute atomic E-state index is 0.259. The second kappa shape index (κ2) is 5.69. The summed E-state index contributed by atoms with van der Waals surface area (Å²) >= 11 is 0. The van der Waals surface area contributed by atoms with Crippen LogP contribution in [0.5, 0.6) is 5.75 Å². The molecule has 0 aromatic heterocycles. The minimum atomic E-state index is -0.259. The van der Waals surface area contributed by atoms with Crippen LogP contribution in [0.25, 0.3) is 0 Å². The van der Waals surface area contributed by atoms with Crippen LogP contribution in [0.1, 0.15) is 15.9 Å². The Morgan fingerprint density at radius 2 is 1.84 bits per heavy atom. The highest BCUT2D eigenvalue weighted by atomic mass is 16.5. The zero-order chi connectivity index (χ0) is 13.7. The van der Waals surface area contributed by atoms with Gasteiger partial charge in [-0.25, -0.2) is 0 Å². The van der Waals surface area contributed by atoms with Crippen molar-refractivity contribution in [2.24, 2.45) is 0 Å². The van der Waals surface area contributed by atoms with E-state index in [4.69, 9.17) is 10.00 Å². The molecule has 0 atom stereocenters. The van der Waals surface area contributed by atoms with Crippen molar-refractivity contribution < 1.29 is 9.53 Å². The van der Waals surface area contributed by atoms with Gasteiger partial charge in [0.25, 0.3) is 5.91 Å². The van der Waals surface area contributed by atoms with Gasteiger partial charge in [-0.3, -0.25) is 4.79 Å². The van der Waals surface area contributed by atoms with Gasteiger partial charge in [-0.15, -0.1) is 0 Å². The van der Waals surface area contributed by atoms with Gasteiger partial charge < -0.3 is 10.1 Å². The maximum Gasteiger partial charge on any atom is 0.255 e. The Balaban J connectivity index is 2.18. The number of carbonyl (C=O) groups is 1. The van der Waals surface area contributed by atoms with Crippen molar-refractivity contribution in [2.45, 2.75) is 0 Å². The Morgan fingerprint density at radius 3 is 2.47 bits per heavy atom. The van der Waals surface area contributed by atoms with E-state index in [0.717, 1.165) is 0 Å². The first-order valence-electron chi connectivity index (χ1n) is 5.69. The maximum absolute atomic E-state index is 12.0. The number of methoxy groups -OCH3 is 1. The molecule has 2 rings (SSSR count). The molecular formula is C15H12N2O2. The lowest BCUT2D eigenvalue weighted by Crippen LogP contribution is -2.12. The summed E-state index contributed by atoms with van der Waals surface area (Å²) in [6, 6.07) is 15.7. The lowest BCUT2D eigenvalue weighted by molar-refractivity contribution is 0.102. The molecule has 0 spiro atoms. The van der Waals surface area contributed by atoms with Crippen molar-refractivity contribution in [3.8, 4) is 11.8 Å². The van der Waals surface area contributed by atoms with Gasteiger partial charge >= 0.3 is 0 Å². The van der Waals surface area contributed by atoms with Crippen LogP contribution in [0.2, 0.25) is 0 Å². The van der Waals surface area contributed by atoms with Crippen LogP contribution < -0.4 is 10.1 Å². The fourth-order valence-corrected chi connectivity index (χ4v) is 1.63. The number of nitrogens with one attached hydrogen (secondary N) is 1. The number of hydrogen-bond donors (Lipinski definition) is 1. The van der Waals surface area contributed by atoms with Crippen LogP contribution in [0.15, 0.2) is 48.5 Å². The Hall–Kier alpha value is -2.80. The predicted octanol–water partition coefficient (Wildman–Crippen LogP) is 2.82. The summed E-state index contributed by atoms with van der Waals surface area (Å²) in [6.45, 7) is 0. The maximum atomic E-state index is 12.0. The third kappa shape index (κ3) is 2.90. The van der Waals surface area contributed by atoms with Gasteiger partial charge in [0.1, 0.15) is 11.8 Å². The smallest absolute Gasteiger partial charge is 0.255 e. The summed E-state index contributed by atoms with van der Waals surface area (Å²) in [4.78, 5) is 12.0. The lowest BCUT2D eigenvalue weighted by atomic mass is 10.1. The fourth-order valence-electron chi connectivity index (χ4n) is 1.63. The van der Waals surface area contributed by atoms with E-state index in [9.17, 15) is 4.79 Å². The Morgan fingerprint density at radius 1 is 1.16 bits per heavy atom. The van der Waals surface area contributed by atoms with Gasteiger partial charge in [-0.2, -0.15) is 5.26 Å². The quantitative estimate of drug-likeness (QED) is 0.913. The topological polar surface area (TPSA) is 62.1 Å². The van der Waals surface area contributed by atoms with Gasteiger partial charge in [0.15, 0.2) is 0 Å². The minimum Gasteiger partial charge on any atom is -0.497 e. The van der Waals surface area contributed by atoms with Crippen molar-refractivity contribution in [3.05, 3.63) is 59.7 Å². The molecule has 0 heterocycles. The van der Waals surface area contributed by atoms with Crippen LogP contribution in [-0.4, -0.2) is 13.0 Å². The molecule has 0 unspecified atom stereocenters. The van der Waals surface area contributed by atoms with Crippen molar-refractivity contribution in [1.82, 2.24) is 0 Å². The summed E-state index contributed by atoms with van der Waals surface area (Å²) in [5, 5.41) is 11.7. The van der Waals surface area contributed by atoms with Crippen LogP contribution in [0.4, 0.5) is 5.69 Å². The van der Waals surface area contributed by atoms with E-state index in [1.54, 1.807) is 55.6 Å². The average molecular weight is 252 g/mol. The highest BCUT2D eigenvalue weighted by molar-refractivity contribution is 6.04. The number of ether oxygens (including phenoxy) is 1. The van der Waals surface area contributed by atoms with Crippen LogP contribution in [0.3, 0.4) is 0 Å². The molecule has 2 aromatic rings. The number of anilines is 1. The number of benzene rings is 2. The Labute approximate surface area is 111 Å². The molecule has 0 fully saturated rings. The molecule has 4 heteroatoms. The molecule has 0 saturated heterocycles. The van der Waals surface area contributed by atoms with Crippen molar-refractivity contribution in [2.75, 3.05) is 12.4 Å². The zero-order valence-corrected chi connectivity index (χ0v) is 10.4. The van der Waals surface area contributed by atoms with E-state index in [1.165, 1.54) is 0 Å². The molecule has 4 nitrogen and oxygen atoms in total. The molecule has 2 aromatic carbocycles. The fraction of sp³-hybridized carbons (Fsp3) is 0.0667. The van der Waals surface area contributed by atoms with Gasteiger partial charge in [0, 0.05) is 5.56 Å². The van der Waals surface area contributed by atoms with E-state index in [0.29, 0.717) is 22.6 Å². The Bertz CT molecular complexity index is 627. The number of carbonyl (C=O) groups excluding carboxylic acids is 1. The largest absolute Gasteiger partial charge is 0.497 e. The predicted molar refractivity (Wildman–Crippen MR) is 72.1 cm³/mol. The average Bonchev–Trinajstić information content (AvgIpc) is 2.48. The number of nitrogens with zero attached hydrogens (tertiary/aromatic N) is 1. The summed E-state index contributed by atoms with van der Waals surface area (Å²) in [7, 11) is 1.57.